The van der Waals surface area contributed by atoms with Crippen LogP contribution in [0, 0.1) is 6.20 Å². The van der Waals surface area contributed by atoms with Crippen LogP contribution in [0.25, 0.3) is 0 Å². The van der Waals surface area contributed by atoms with E-state index >= 15 is 0 Å². The van der Waals surface area contributed by atoms with Gasteiger partial charge < -0.3 is 11.1 Å². The quantitative estimate of drug-likeness (QED) is 0.656. The number of nitrogen functional groups attached to an aromatic ring is 1. The molecule has 0 aliphatic heterocycles. The number of nitrogens with zero attached hydrogens (tertiary/aromatic N) is 1. The van der Waals surface area contributed by atoms with Crippen molar-refractivity contribution in [2.75, 3.05) is 12.3 Å². The van der Waals surface area contributed by atoms with Crippen molar-refractivity contribution in [1.29, 1.82) is 0 Å². The molecule has 0 bridgehead atoms. The number of carbonyl (C=O) groups excluding carboxylic acids is 1. The molecule has 1 heterocycles. The van der Waals surface area contributed by atoms with Crippen LogP contribution < -0.4 is 11.1 Å². The minimum Gasteiger partial charge on any atom is -0.396 e. The standard InChI is InChI=1S/C8H10N3O/c1-2-11-8(12)6-3-4-10-5-7(6)9/h3-4H,2,9H2,1H3,(H,11,12). The molecule has 0 aliphatic rings. The molecule has 1 radical (unpaired) electrons. The molecule has 0 aromatic carbocycles. The molecule has 0 fully saturated rings. The Labute approximate surface area is 70.8 Å². The van der Waals surface area contributed by atoms with Crippen molar-refractivity contribution in [2.45, 2.75) is 6.92 Å². The van der Waals surface area contributed by atoms with Gasteiger partial charge in [-0.2, -0.15) is 0 Å². The smallest absolute Gasteiger partial charge is 0.253 e. The normalized spacial score (nSPS) is 9.42. The number of amides is 1. The molecule has 0 aliphatic carbocycles. The molecule has 63 valence electrons. The summed E-state index contributed by atoms with van der Waals surface area (Å²) in [4.78, 5) is 14.9. The van der Waals surface area contributed by atoms with E-state index in [1.54, 1.807) is 6.07 Å². The fraction of sp³-hybridized carbons (Fsp3) is 0.250. The molecular formula is C8H10N3O. The topological polar surface area (TPSA) is 68.0 Å². The lowest BCUT2D eigenvalue weighted by Gasteiger charge is -2.02. The van der Waals surface area contributed by atoms with Crippen LogP contribution in [0.2, 0.25) is 0 Å². The summed E-state index contributed by atoms with van der Waals surface area (Å²) in [6, 6.07) is 1.57. The summed E-state index contributed by atoms with van der Waals surface area (Å²) in [7, 11) is 0. The zero-order chi connectivity index (χ0) is 8.97. The Morgan fingerprint density at radius 3 is 3.17 bits per heavy atom. The maximum Gasteiger partial charge on any atom is 0.253 e. The highest BCUT2D eigenvalue weighted by Crippen LogP contribution is 2.06. The molecule has 3 N–H and O–H groups in total. The summed E-state index contributed by atoms with van der Waals surface area (Å²) in [6.07, 6.45) is 3.99. The highest BCUT2D eigenvalue weighted by molar-refractivity contribution is 5.98. The first-order valence-electron chi connectivity index (χ1n) is 3.66. The van der Waals surface area contributed by atoms with Crippen LogP contribution in [0.4, 0.5) is 5.69 Å². The minimum absolute atomic E-state index is 0.186. The number of rotatable bonds is 2. The number of pyridine rings is 1. The van der Waals surface area contributed by atoms with Gasteiger partial charge in [-0.3, -0.25) is 9.78 Å². The maximum absolute atomic E-state index is 11.2. The van der Waals surface area contributed by atoms with Gasteiger partial charge in [0, 0.05) is 12.7 Å². The third-order valence-corrected chi connectivity index (χ3v) is 1.37. The van der Waals surface area contributed by atoms with E-state index in [2.05, 4.69) is 16.5 Å². The molecule has 0 atom stereocenters. The average Bonchev–Trinajstić information content (AvgIpc) is 2.05. The summed E-state index contributed by atoms with van der Waals surface area (Å²) < 4.78 is 0. The van der Waals surface area contributed by atoms with E-state index in [-0.39, 0.29) is 11.6 Å². The predicted octanol–water partition coefficient (Wildman–Crippen LogP) is 0.214. The van der Waals surface area contributed by atoms with Crippen molar-refractivity contribution in [3.05, 3.63) is 24.0 Å². The van der Waals surface area contributed by atoms with E-state index in [9.17, 15) is 4.79 Å². The van der Waals surface area contributed by atoms with Crippen LogP contribution in [-0.4, -0.2) is 17.4 Å². The molecule has 0 spiro atoms. The number of aromatic nitrogens is 1. The van der Waals surface area contributed by atoms with Gasteiger partial charge >= 0.3 is 0 Å². The second-order valence-electron chi connectivity index (χ2n) is 2.24. The van der Waals surface area contributed by atoms with E-state index in [4.69, 9.17) is 5.73 Å². The predicted molar refractivity (Wildman–Crippen MR) is 45.5 cm³/mol. The average molecular weight is 164 g/mol. The van der Waals surface area contributed by atoms with Crippen molar-refractivity contribution < 1.29 is 4.79 Å². The van der Waals surface area contributed by atoms with Gasteiger partial charge in [-0.1, -0.05) is 0 Å². The first-order chi connectivity index (χ1) is 5.75. The Morgan fingerprint density at radius 2 is 2.58 bits per heavy atom. The molecular weight excluding hydrogens is 154 g/mol. The van der Waals surface area contributed by atoms with Gasteiger partial charge in [0.25, 0.3) is 5.91 Å². The lowest BCUT2D eigenvalue weighted by Crippen LogP contribution is -2.23. The van der Waals surface area contributed by atoms with Crippen LogP contribution in [0.15, 0.2) is 12.3 Å². The lowest BCUT2D eigenvalue weighted by atomic mass is 10.2. The summed E-state index contributed by atoms with van der Waals surface area (Å²) >= 11 is 0. The van der Waals surface area contributed by atoms with Crippen LogP contribution >= 0.6 is 0 Å². The second-order valence-corrected chi connectivity index (χ2v) is 2.24. The van der Waals surface area contributed by atoms with Gasteiger partial charge in [0.15, 0.2) is 0 Å². The highest BCUT2D eigenvalue weighted by atomic mass is 16.1. The van der Waals surface area contributed by atoms with Crippen molar-refractivity contribution in [3.63, 3.8) is 0 Å². The van der Waals surface area contributed by atoms with Crippen molar-refractivity contribution in [2.24, 2.45) is 0 Å². The maximum atomic E-state index is 11.2. The Kier molecular flexibility index (Phi) is 2.63. The summed E-state index contributed by atoms with van der Waals surface area (Å²) in [6.45, 7) is 2.43. The monoisotopic (exact) mass is 164 g/mol. The van der Waals surface area contributed by atoms with Gasteiger partial charge in [0.1, 0.15) is 6.20 Å². The number of hydrogen-bond acceptors (Lipinski definition) is 3. The van der Waals surface area contributed by atoms with E-state index < -0.39 is 0 Å². The third-order valence-electron chi connectivity index (χ3n) is 1.37. The highest BCUT2D eigenvalue weighted by Gasteiger charge is 2.06. The third kappa shape index (κ3) is 1.72. The van der Waals surface area contributed by atoms with Crippen LogP contribution in [0.1, 0.15) is 17.3 Å². The van der Waals surface area contributed by atoms with Crippen molar-refractivity contribution in [3.8, 4) is 0 Å². The zero-order valence-electron chi connectivity index (χ0n) is 6.79. The number of nitrogens with one attached hydrogen (secondary N) is 1. The van der Waals surface area contributed by atoms with Crippen molar-refractivity contribution >= 4 is 11.6 Å². The molecule has 0 saturated heterocycles. The zero-order valence-corrected chi connectivity index (χ0v) is 6.79. The Bertz CT molecular complexity index is 285. The van der Waals surface area contributed by atoms with E-state index in [1.165, 1.54) is 6.20 Å². The van der Waals surface area contributed by atoms with Gasteiger partial charge in [-0.05, 0) is 13.0 Å². The molecule has 1 amide bonds. The molecule has 1 aromatic heterocycles. The Morgan fingerprint density at radius 1 is 1.83 bits per heavy atom. The van der Waals surface area contributed by atoms with Crippen LogP contribution in [-0.2, 0) is 0 Å². The lowest BCUT2D eigenvalue weighted by molar-refractivity contribution is 0.0956. The molecule has 4 heteroatoms. The molecule has 12 heavy (non-hydrogen) atoms. The summed E-state index contributed by atoms with van der Waals surface area (Å²) in [5, 5.41) is 2.64. The van der Waals surface area contributed by atoms with Crippen LogP contribution in [0.3, 0.4) is 0 Å². The number of nitrogens with two attached hydrogens (primary N) is 1. The number of carbonyl (C=O) groups is 1. The van der Waals surface area contributed by atoms with E-state index in [0.717, 1.165) is 0 Å². The second kappa shape index (κ2) is 3.71. The first-order valence-corrected chi connectivity index (χ1v) is 3.66. The first kappa shape index (κ1) is 8.52. The Balaban J connectivity index is 2.87. The van der Waals surface area contributed by atoms with Gasteiger partial charge in [-0.25, -0.2) is 0 Å². The molecule has 1 aromatic rings. The van der Waals surface area contributed by atoms with E-state index in [0.29, 0.717) is 12.1 Å². The van der Waals surface area contributed by atoms with E-state index in [1.807, 2.05) is 6.92 Å². The molecule has 0 unspecified atom stereocenters. The Hall–Kier alpha value is -1.58. The molecule has 4 nitrogen and oxygen atoms in total. The summed E-state index contributed by atoms with van der Waals surface area (Å²) in [5.74, 6) is -0.186. The molecule has 0 saturated carbocycles. The minimum atomic E-state index is -0.186. The fourth-order valence-electron chi connectivity index (χ4n) is 0.822. The van der Waals surface area contributed by atoms with Gasteiger partial charge in [0.05, 0.1) is 11.3 Å². The number of anilines is 1. The van der Waals surface area contributed by atoms with Crippen LogP contribution in [0.5, 0.6) is 0 Å². The molecule has 1 rings (SSSR count). The van der Waals surface area contributed by atoms with Gasteiger partial charge in [-0.15, -0.1) is 0 Å². The van der Waals surface area contributed by atoms with Gasteiger partial charge in [0.2, 0.25) is 0 Å². The largest absolute Gasteiger partial charge is 0.396 e. The fourth-order valence-corrected chi connectivity index (χ4v) is 0.822. The van der Waals surface area contributed by atoms with Crippen molar-refractivity contribution in [1.82, 2.24) is 10.3 Å². The SMILES string of the molecule is CCNC(=O)c1ccn[c]c1N. The number of hydrogen-bond donors (Lipinski definition) is 2. The summed E-state index contributed by atoms with van der Waals surface area (Å²) in [5.41, 5.74) is 6.18.